The zero-order chi connectivity index (χ0) is 19.8. The van der Waals surface area contributed by atoms with Gasteiger partial charge in [0.15, 0.2) is 0 Å². The summed E-state index contributed by atoms with van der Waals surface area (Å²) in [5.41, 5.74) is -1.63. The van der Waals surface area contributed by atoms with Crippen LogP contribution in [0.5, 0.6) is 0 Å². The highest BCUT2D eigenvalue weighted by Gasteiger charge is 2.35. The molecule has 142 valence electrons. The molecule has 0 atom stereocenters. The Balaban J connectivity index is 2.06. The maximum Gasteiger partial charge on any atom is 0.418 e. The number of hydrogen-bond donors (Lipinski definition) is 2. The Hall–Kier alpha value is -2.73. The van der Waals surface area contributed by atoms with Gasteiger partial charge in [0.1, 0.15) is 15.9 Å². The van der Waals surface area contributed by atoms with E-state index in [1.807, 2.05) is 4.72 Å². The summed E-state index contributed by atoms with van der Waals surface area (Å²) in [7, 11) is -4.36. The van der Waals surface area contributed by atoms with Crippen LogP contribution in [0.2, 0.25) is 0 Å². The molecular weight excluding hydrogens is 405 g/mol. The Morgan fingerprint density at radius 1 is 1.15 bits per heavy atom. The van der Waals surface area contributed by atoms with Crippen LogP contribution >= 0.6 is 11.7 Å². The highest BCUT2D eigenvalue weighted by atomic mass is 32.2. The number of nitrogens with zero attached hydrogens (tertiary/aromatic N) is 2. The van der Waals surface area contributed by atoms with Crippen molar-refractivity contribution in [2.45, 2.75) is 18.0 Å². The second kappa shape index (κ2) is 6.78. The van der Waals surface area contributed by atoms with Crippen LogP contribution in [0, 0.1) is 0 Å². The van der Waals surface area contributed by atoms with Crippen LogP contribution in [0.25, 0.3) is 11.0 Å². The molecule has 0 radical (unpaired) electrons. The largest absolute Gasteiger partial charge is 0.418 e. The molecule has 0 spiro atoms. The summed E-state index contributed by atoms with van der Waals surface area (Å²) in [4.78, 5) is 10.8. The molecule has 3 rings (SSSR count). The minimum absolute atomic E-state index is 0.0680. The van der Waals surface area contributed by atoms with Gasteiger partial charge < -0.3 is 5.32 Å². The lowest BCUT2D eigenvalue weighted by Crippen LogP contribution is -2.18. The first-order valence-corrected chi connectivity index (χ1v) is 9.52. The van der Waals surface area contributed by atoms with Gasteiger partial charge in [0, 0.05) is 12.6 Å². The van der Waals surface area contributed by atoms with Gasteiger partial charge in [0.25, 0.3) is 10.0 Å². The summed E-state index contributed by atoms with van der Waals surface area (Å²) in [5, 5.41) is 2.23. The van der Waals surface area contributed by atoms with Crippen molar-refractivity contribution >= 4 is 50.1 Å². The van der Waals surface area contributed by atoms with Gasteiger partial charge in [-0.1, -0.05) is 6.07 Å². The van der Waals surface area contributed by atoms with Gasteiger partial charge in [-0.25, -0.2) is 8.42 Å². The van der Waals surface area contributed by atoms with E-state index in [0.717, 1.165) is 24.7 Å². The van der Waals surface area contributed by atoms with E-state index < -0.39 is 33.4 Å². The smallest absolute Gasteiger partial charge is 0.326 e. The van der Waals surface area contributed by atoms with Gasteiger partial charge >= 0.3 is 6.18 Å². The molecule has 1 aromatic heterocycles. The molecule has 1 amide bonds. The topological polar surface area (TPSA) is 101 Å². The molecule has 0 aliphatic rings. The molecule has 27 heavy (non-hydrogen) atoms. The zero-order valence-corrected chi connectivity index (χ0v) is 15.2. The lowest BCUT2D eigenvalue weighted by atomic mass is 10.1. The predicted octanol–water partition coefficient (Wildman–Crippen LogP) is 3.47. The monoisotopic (exact) mass is 416 g/mol. The lowest BCUT2D eigenvalue weighted by molar-refractivity contribution is -0.136. The fourth-order valence-electron chi connectivity index (χ4n) is 2.35. The first-order valence-electron chi connectivity index (χ1n) is 7.31. The molecule has 0 fully saturated rings. The third-order valence-corrected chi connectivity index (χ3v) is 5.37. The third kappa shape index (κ3) is 4.01. The van der Waals surface area contributed by atoms with Crippen molar-refractivity contribution in [3.8, 4) is 0 Å². The zero-order valence-electron chi connectivity index (χ0n) is 13.5. The number of halogens is 3. The Kier molecular flexibility index (Phi) is 4.78. The first-order chi connectivity index (χ1) is 12.6. The molecule has 0 bridgehead atoms. The summed E-state index contributed by atoms with van der Waals surface area (Å²) in [6.45, 7) is 1.15. The molecule has 2 N–H and O–H groups in total. The molecule has 0 saturated carbocycles. The predicted molar refractivity (Wildman–Crippen MR) is 94.0 cm³/mol. The summed E-state index contributed by atoms with van der Waals surface area (Å²) >= 11 is 0.792. The average molecular weight is 416 g/mol. The Morgan fingerprint density at radius 2 is 1.89 bits per heavy atom. The van der Waals surface area contributed by atoms with Gasteiger partial charge in [-0.05, 0) is 30.3 Å². The second-order valence-corrected chi connectivity index (χ2v) is 7.61. The van der Waals surface area contributed by atoms with Crippen molar-refractivity contribution in [1.29, 1.82) is 0 Å². The highest BCUT2D eigenvalue weighted by molar-refractivity contribution is 7.93. The number of benzene rings is 2. The number of amides is 1. The minimum Gasteiger partial charge on any atom is -0.326 e. The summed E-state index contributed by atoms with van der Waals surface area (Å²) in [6.07, 6.45) is -4.85. The molecule has 7 nitrogen and oxygen atoms in total. The van der Waals surface area contributed by atoms with E-state index in [2.05, 4.69) is 14.1 Å². The number of fused-ring (bicyclic) bond motifs is 1. The number of alkyl halides is 3. The minimum atomic E-state index is -4.85. The summed E-state index contributed by atoms with van der Waals surface area (Å²) in [6, 6.07) is 6.95. The van der Waals surface area contributed by atoms with Crippen LogP contribution in [0.3, 0.4) is 0 Å². The number of carbonyl (C=O) groups excluding carboxylic acids is 1. The molecule has 12 heteroatoms. The van der Waals surface area contributed by atoms with Crippen LogP contribution in [0.4, 0.5) is 24.5 Å². The second-order valence-electron chi connectivity index (χ2n) is 5.43. The number of sulfonamides is 1. The van der Waals surface area contributed by atoms with Gasteiger partial charge in [-0.15, -0.1) is 0 Å². The van der Waals surface area contributed by atoms with Crippen LogP contribution in [0.1, 0.15) is 12.5 Å². The third-order valence-electron chi connectivity index (χ3n) is 3.43. The van der Waals surface area contributed by atoms with E-state index in [1.54, 1.807) is 6.07 Å². The van der Waals surface area contributed by atoms with Crippen LogP contribution in [-0.2, 0) is 21.0 Å². The fourth-order valence-corrected chi connectivity index (χ4v) is 4.19. The number of anilines is 2. The fraction of sp³-hybridized carbons (Fsp3) is 0.133. The summed E-state index contributed by atoms with van der Waals surface area (Å²) in [5.74, 6) is -0.556. The standard InChI is InChI=1S/C15H11F3N4O3S2/c1-8(23)19-9-5-6-11(10(7-9)15(16,17)18)22-27(24,25)13-4-2-3-12-14(13)21-26-20-12/h2-7,22H,1H3,(H,19,23). The van der Waals surface area contributed by atoms with Crippen molar-refractivity contribution in [3.05, 3.63) is 42.0 Å². The Labute approximate surface area is 155 Å². The molecule has 2 aromatic carbocycles. The quantitative estimate of drug-likeness (QED) is 0.678. The number of rotatable bonds is 4. The van der Waals surface area contributed by atoms with E-state index >= 15 is 0 Å². The van der Waals surface area contributed by atoms with E-state index in [4.69, 9.17) is 0 Å². The Bertz CT molecular complexity index is 1130. The molecule has 3 aromatic rings. The van der Waals surface area contributed by atoms with Gasteiger partial charge in [-0.2, -0.15) is 21.9 Å². The molecular formula is C15H11F3N4O3S2. The van der Waals surface area contributed by atoms with Crippen molar-refractivity contribution < 1.29 is 26.4 Å². The van der Waals surface area contributed by atoms with Gasteiger partial charge in [0.05, 0.1) is 23.0 Å². The maximum absolute atomic E-state index is 13.4. The van der Waals surface area contributed by atoms with E-state index in [9.17, 15) is 26.4 Å². The van der Waals surface area contributed by atoms with Crippen molar-refractivity contribution in [2.24, 2.45) is 0 Å². The van der Waals surface area contributed by atoms with Gasteiger partial charge in [0.2, 0.25) is 5.91 Å². The SMILES string of the molecule is CC(=O)Nc1ccc(NS(=O)(=O)c2cccc3nsnc23)c(C(F)(F)F)c1. The van der Waals surface area contributed by atoms with Crippen molar-refractivity contribution in [2.75, 3.05) is 10.0 Å². The number of nitrogens with one attached hydrogen (secondary N) is 2. The molecule has 1 heterocycles. The molecule has 0 aliphatic carbocycles. The highest BCUT2D eigenvalue weighted by Crippen LogP contribution is 2.37. The molecule has 0 saturated heterocycles. The molecule has 0 aliphatic heterocycles. The molecule has 0 unspecified atom stereocenters. The number of aromatic nitrogens is 2. The number of hydrogen-bond acceptors (Lipinski definition) is 6. The number of carbonyl (C=O) groups is 1. The van der Waals surface area contributed by atoms with E-state index in [0.29, 0.717) is 11.6 Å². The van der Waals surface area contributed by atoms with E-state index in [1.165, 1.54) is 18.2 Å². The van der Waals surface area contributed by atoms with Gasteiger partial charge in [-0.3, -0.25) is 9.52 Å². The van der Waals surface area contributed by atoms with Crippen LogP contribution in [0.15, 0.2) is 41.3 Å². The Morgan fingerprint density at radius 3 is 2.56 bits per heavy atom. The normalized spacial score (nSPS) is 12.1. The van der Waals surface area contributed by atoms with Crippen molar-refractivity contribution in [3.63, 3.8) is 0 Å². The van der Waals surface area contributed by atoms with Crippen LogP contribution in [-0.4, -0.2) is 23.1 Å². The summed E-state index contributed by atoms with van der Waals surface area (Å²) < 4.78 is 75.2. The average Bonchev–Trinajstić information content (AvgIpc) is 3.03. The first kappa shape index (κ1) is 19.0. The van der Waals surface area contributed by atoms with E-state index in [-0.39, 0.29) is 16.1 Å². The van der Waals surface area contributed by atoms with Crippen molar-refractivity contribution in [1.82, 2.24) is 8.75 Å². The lowest BCUT2D eigenvalue weighted by Gasteiger charge is -2.16. The maximum atomic E-state index is 13.4. The van der Waals surface area contributed by atoms with Crippen LogP contribution < -0.4 is 10.0 Å².